The fourth-order valence-electron chi connectivity index (χ4n) is 4.79. The molecule has 1 saturated heterocycles. The van der Waals surface area contributed by atoms with Crippen molar-refractivity contribution in [2.24, 2.45) is 0 Å². The first kappa shape index (κ1) is 29.2. The summed E-state index contributed by atoms with van der Waals surface area (Å²) in [7, 11) is -2.17. The van der Waals surface area contributed by atoms with E-state index in [-0.39, 0.29) is 11.0 Å². The predicted octanol–water partition coefficient (Wildman–Crippen LogP) is 5.92. The van der Waals surface area contributed by atoms with E-state index in [2.05, 4.69) is 32.5 Å². The van der Waals surface area contributed by atoms with Crippen molar-refractivity contribution in [2.45, 2.75) is 38.2 Å². The van der Waals surface area contributed by atoms with Crippen LogP contribution in [0.4, 0.5) is 10.5 Å². The molecule has 0 aliphatic carbocycles. The van der Waals surface area contributed by atoms with E-state index in [1.54, 1.807) is 48.7 Å². The second-order valence-corrected chi connectivity index (χ2v) is 14.0. The molecule has 1 aliphatic heterocycles. The molecule has 1 aliphatic rings. The average molecular weight is 689 g/mol. The topological polar surface area (TPSA) is 94.0 Å². The molecule has 9 nitrogen and oxygen atoms in total. The zero-order valence-corrected chi connectivity index (χ0v) is 26.7. The van der Waals surface area contributed by atoms with Gasteiger partial charge in [-0.25, -0.2) is 22.2 Å². The Morgan fingerprint density at radius 2 is 1.68 bits per heavy atom. The first-order valence-corrected chi connectivity index (χ1v) is 15.8. The molecular weight excluding hydrogens is 655 g/mol. The number of aromatic nitrogens is 2. The number of aryl methyl sites for hydroxylation is 1. The van der Waals surface area contributed by atoms with Crippen LogP contribution in [0.1, 0.15) is 26.3 Å². The van der Waals surface area contributed by atoms with Crippen molar-refractivity contribution < 1.29 is 22.7 Å². The summed E-state index contributed by atoms with van der Waals surface area (Å²) in [5, 5.41) is 0.739. The molecule has 11 heteroatoms. The molecule has 5 rings (SSSR count). The third kappa shape index (κ3) is 6.01. The Labute approximate surface area is 254 Å². The molecule has 0 N–H and O–H groups in total. The number of hydrogen-bond donors (Lipinski definition) is 0. The third-order valence-corrected chi connectivity index (χ3v) is 9.46. The molecule has 0 spiro atoms. The zero-order valence-electron chi connectivity index (χ0n) is 23.7. The number of halogens is 1. The van der Waals surface area contributed by atoms with Gasteiger partial charge in [0.15, 0.2) is 5.65 Å². The number of rotatable bonds is 5. The summed E-state index contributed by atoms with van der Waals surface area (Å²) in [6, 6.07) is 14.7. The van der Waals surface area contributed by atoms with Crippen molar-refractivity contribution in [3.63, 3.8) is 0 Å². The lowest BCUT2D eigenvalue weighted by molar-refractivity contribution is 0.0240. The van der Waals surface area contributed by atoms with Crippen LogP contribution in [0.3, 0.4) is 0 Å². The highest BCUT2D eigenvalue weighted by atomic mass is 127. The van der Waals surface area contributed by atoms with Gasteiger partial charge in [-0.3, -0.25) is 0 Å². The Hall–Kier alpha value is -3.32. The van der Waals surface area contributed by atoms with Crippen molar-refractivity contribution in [2.75, 3.05) is 38.2 Å². The van der Waals surface area contributed by atoms with Gasteiger partial charge >= 0.3 is 6.09 Å². The number of anilines is 1. The Morgan fingerprint density at radius 3 is 2.32 bits per heavy atom. The van der Waals surface area contributed by atoms with E-state index in [4.69, 9.17) is 9.47 Å². The summed E-state index contributed by atoms with van der Waals surface area (Å²) in [6.07, 6.45) is 2.99. The lowest BCUT2D eigenvalue weighted by atomic mass is 10.0. The Balaban J connectivity index is 1.40. The van der Waals surface area contributed by atoms with Crippen molar-refractivity contribution >= 4 is 55.4 Å². The third-order valence-electron chi connectivity index (χ3n) is 6.93. The number of amides is 1. The maximum Gasteiger partial charge on any atom is 0.410 e. The molecular formula is C30H33IN4O5S. The van der Waals surface area contributed by atoms with Gasteiger partial charge in [0, 0.05) is 70.4 Å². The number of piperazine rings is 1. The van der Waals surface area contributed by atoms with Crippen molar-refractivity contribution in [3.05, 3.63) is 70.1 Å². The Kier molecular flexibility index (Phi) is 7.94. The minimum Gasteiger partial charge on any atom is -0.496 e. The van der Waals surface area contributed by atoms with Crippen LogP contribution < -0.4 is 9.64 Å². The molecule has 1 fully saturated rings. The maximum absolute atomic E-state index is 13.4. The number of carbonyl (C=O) groups is 1. The Morgan fingerprint density at radius 1 is 1.00 bits per heavy atom. The highest BCUT2D eigenvalue weighted by molar-refractivity contribution is 14.1. The summed E-state index contributed by atoms with van der Waals surface area (Å²) >= 11 is 2.15. The fourth-order valence-corrected chi connectivity index (χ4v) is 6.97. The van der Waals surface area contributed by atoms with Crippen LogP contribution in [0.25, 0.3) is 22.2 Å². The molecule has 41 heavy (non-hydrogen) atoms. The van der Waals surface area contributed by atoms with E-state index < -0.39 is 15.6 Å². The van der Waals surface area contributed by atoms with Crippen molar-refractivity contribution in [3.8, 4) is 16.9 Å². The highest BCUT2D eigenvalue weighted by Crippen LogP contribution is 2.36. The van der Waals surface area contributed by atoms with Crippen molar-refractivity contribution in [1.29, 1.82) is 0 Å². The largest absolute Gasteiger partial charge is 0.496 e. The SMILES string of the molecule is COc1cc(N2CCN(C(=O)OC(C)(C)C)CC2)ccc1-c1cnc2c(c1)c(I)cn2S(=O)(=O)c1ccc(C)cc1. The summed E-state index contributed by atoms with van der Waals surface area (Å²) in [5.41, 5.74) is 3.50. The zero-order chi connectivity index (χ0) is 29.5. The lowest BCUT2D eigenvalue weighted by Crippen LogP contribution is -2.50. The highest BCUT2D eigenvalue weighted by Gasteiger charge is 2.27. The smallest absolute Gasteiger partial charge is 0.410 e. The van der Waals surface area contributed by atoms with Crippen LogP contribution in [0.15, 0.2) is 65.8 Å². The van der Waals surface area contributed by atoms with Crippen LogP contribution in [0, 0.1) is 10.5 Å². The molecule has 0 unspecified atom stereocenters. The standard InChI is InChI=1S/C30H33IN4O5S/c1-20-6-9-23(10-7-20)41(37,38)35-19-26(31)25-16-21(18-32-28(25)35)24-11-8-22(17-27(24)39-5)33-12-14-34(15-13-33)29(36)40-30(2,3)4/h6-11,16-19H,12-15H2,1-5H3. The number of methoxy groups -OCH3 is 1. The number of hydrogen-bond acceptors (Lipinski definition) is 7. The van der Waals surface area contributed by atoms with E-state index >= 15 is 0 Å². The summed E-state index contributed by atoms with van der Waals surface area (Å²) in [4.78, 5) is 21.2. The van der Waals surface area contributed by atoms with Gasteiger partial charge in [0.2, 0.25) is 0 Å². The quantitative estimate of drug-likeness (QED) is 0.241. The number of fused-ring (bicyclic) bond motifs is 1. The van der Waals surface area contributed by atoms with Crippen LogP contribution in [-0.4, -0.2) is 67.3 Å². The fraction of sp³-hybridized carbons (Fsp3) is 0.333. The van der Waals surface area contributed by atoms with E-state index in [9.17, 15) is 13.2 Å². The van der Waals surface area contributed by atoms with Gasteiger partial charge in [0.1, 0.15) is 11.4 Å². The van der Waals surface area contributed by atoms with Crippen LogP contribution >= 0.6 is 22.6 Å². The number of pyridine rings is 1. The normalized spacial score (nSPS) is 14.4. The van der Waals surface area contributed by atoms with Crippen LogP contribution in [0.5, 0.6) is 5.75 Å². The molecule has 2 aromatic carbocycles. The van der Waals surface area contributed by atoms with Crippen LogP contribution in [0.2, 0.25) is 0 Å². The van der Waals surface area contributed by atoms with E-state index in [0.717, 1.165) is 31.3 Å². The van der Waals surface area contributed by atoms with Gasteiger partial charge < -0.3 is 19.3 Å². The minimum absolute atomic E-state index is 0.214. The maximum atomic E-state index is 13.4. The van der Waals surface area contributed by atoms with Crippen molar-refractivity contribution in [1.82, 2.24) is 13.9 Å². The second kappa shape index (κ2) is 11.2. The first-order valence-electron chi connectivity index (χ1n) is 13.3. The number of carbonyl (C=O) groups excluding carboxylic acids is 1. The van der Waals surface area contributed by atoms with Gasteiger partial charge in [0.05, 0.1) is 12.0 Å². The van der Waals surface area contributed by atoms with E-state index in [1.807, 2.05) is 52.0 Å². The van der Waals surface area contributed by atoms with Gasteiger partial charge in [-0.1, -0.05) is 17.7 Å². The molecule has 1 amide bonds. The molecule has 0 saturated carbocycles. The first-order chi connectivity index (χ1) is 19.4. The lowest BCUT2D eigenvalue weighted by Gasteiger charge is -2.37. The van der Waals surface area contributed by atoms with Gasteiger partial charge in [-0.05, 0) is 80.6 Å². The van der Waals surface area contributed by atoms with Crippen LogP contribution in [-0.2, 0) is 14.8 Å². The predicted molar refractivity (Wildman–Crippen MR) is 168 cm³/mol. The van der Waals surface area contributed by atoms with E-state index in [1.165, 1.54) is 3.97 Å². The van der Waals surface area contributed by atoms with E-state index in [0.29, 0.717) is 37.6 Å². The second-order valence-electron chi connectivity index (χ2n) is 11.0. The number of nitrogens with zero attached hydrogens (tertiary/aromatic N) is 4. The molecule has 3 heterocycles. The minimum atomic E-state index is -3.80. The monoisotopic (exact) mass is 688 g/mol. The average Bonchev–Trinajstić information content (AvgIpc) is 3.28. The summed E-state index contributed by atoms with van der Waals surface area (Å²) in [6.45, 7) is 10.0. The number of benzene rings is 2. The number of ether oxygens (including phenoxy) is 2. The molecule has 2 aromatic heterocycles. The molecule has 0 radical (unpaired) electrons. The molecule has 0 bridgehead atoms. The molecule has 4 aromatic rings. The van der Waals surface area contributed by atoms with Gasteiger partial charge in [-0.15, -0.1) is 0 Å². The van der Waals surface area contributed by atoms with Gasteiger partial charge in [-0.2, -0.15) is 0 Å². The van der Waals surface area contributed by atoms with Gasteiger partial charge in [0.25, 0.3) is 10.0 Å². The summed E-state index contributed by atoms with van der Waals surface area (Å²) in [5.74, 6) is 0.680. The summed E-state index contributed by atoms with van der Waals surface area (Å²) < 4.78 is 40.1. The molecule has 216 valence electrons. The molecule has 0 atom stereocenters. The Bertz CT molecular complexity index is 1700.